The van der Waals surface area contributed by atoms with E-state index in [1.54, 1.807) is 13.0 Å². The maximum atomic E-state index is 13.7. The normalized spacial score (nSPS) is 11.4. The second-order valence-electron chi connectivity index (χ2n) is 5.04. The van der Waals surface area contributed by atoms with Crippen LogP contribution >= 0.6 is 11.6 Å². The number of nitrogens with one attached hydrogen (secondary N) is 1. The number of hydrogen-bond acceptors (Lipinski definition) is 2. The van der Waals surface area contributed by atoms with Crippen LogP contribution in [0.25, 0.3) is 0 Å². The van der Waals surface area contributed by atoms with Gasteiger partial charge >= 0.3 is 6.18 Å². The van der Waals surface area contributed by atoms with Gasteiger partial charge < -0.3 is 9.88 Å². The highest BCUT2D eigenvalue weighted by molar-refractivity contribution is 6.30. The predicted octanol–water partition coefficient (Wildman–Crippen LogP) is 3.61. The summed E-state index contributed by atoms with van der Waals surface area (Å²) in [5.41, 5.74) is -1.63. The number of hydrogen-bond donors (Lipinski definition) is 1. The summed E-state index contributed by atoms with van der Waals surface area (Å²) in [6, 6.07) is 4.53. The van der Waals surface area contributed by atoms with Crippen LogP contribution in [0.2, 0.25) is 5.02 Å². The molecule has 0 aliphatic carbocycles. The summed E-state index contributed by atoms with van der Waals surface area (Å²) >= 11 is 5.49. The largest absolute Gasteiger partial charge is 0.417 e. The van der Waals surface area contributed by atoms with E-state index < -0.39 is 40.6 Å². The fraction of sp³-hybridized carbons (Fsp3) is 0.200. The zero-order valence-corrected chi connectivity index (χ0v) is 13.0. The van der Waals surface area contributed by atoms with Crippen molar-refractivity contribution < 1.29 is 22.4 Å². The van der Waals surface area contributed by atoms with Crippen LogP contribution in [-0.2, 0) is 17.5 Å². The number of pyridine rings is 1. The first-order valence-corrected chi connectivity index (χ1v) is 6.99. The molecule has 9 heteroatoms. The lowest BCUT2D eigenvalue weighted by Crippen LogP contribution is -2.29. The van der Waals surface area contributed by atoms with Crippen molar-refractivity contribution in [1.29, 1.82) is 0 Å². The van der Waals surface area contributed by atoms with Crippen LogP contribution in [0.1, 0.15) is 11.1 Å². The molecule has 0 saturated carbocycles. The standard InChI is InChI=1S/C15H11ClF4N2O2/c1-8-2-3-12(11(17)4-8)21-13(23)7-22-6-9(15(18,19)20)5-10(16)14(22)24/h2-6H,7H2,1H3,(H,21,23). The third kappa shape index (κ3) is 4.14. The van der Waals surface area contributed by atoms with Gasteiger partial charge in [-0.1, -0.05) is 17.7 Å². The van der Waals surface area contributed by atoms with Gasteiger partial charge in [0, 0.05) is 6.20 Å². The lowest BCUT2D eigenvalue weighted by Gasteiger charge is -2.12. The summed E-state index contributed by atoms with van der Waals surface area (Å²) < 4.78 is 52.4. The Hall–Kier alpha value is -2.35. The number of alkyl halides is 3. The predicted molar refractivity (Wildman–Crippen MR) is 80.5 cm³/mol. The van der Waals surface area contributed by atoms with Gasteiger partial charge in [-0.15, -0.1) is 0 Å². The minimum atomic E-state index is -4.72. The van der Waals surface area contributed by atoms with Gasteiger partial charge in [-0.3, -0.25) is 9.59 Å². The molecule has 24 heavy (non-hydrogen) atoms. The second-order valence-corrected chi connectivity index (χ2v) is 5.45. The Morgan fingerprint density at radius 3 is 2.54 bits per heavy atom. The Morgan fingerprint density at radius 1 is 1.29 bits per heavy atom. The van der Waals surface area contributed by atoms with Crippen LogP contribution in [0, 0.1) is 12.7 Å². The molecule has 0 fully saturated rings. The summed E-state index contributed by atoms with van der Waals surface area (Å²) in [4.78, 5) is 23.6. The van der Waals surface area contributed by atoms with Crippen LogP contribution in [0.3, 0.4) is 0 Å². The number of halogens is 5. The molecule has 0 unspecified atom stereocenters. The number of benzene rings is 1. The zero-order chi connectivity index (χ0) is 18.1. The van der Waals surface area contributed by atoms with E-state index in [4.69, 9.17) is 11.6 Å². The fourth-order valence-electron chi connectivity index (χ4n) is 1.94. The Labute approximate surface area is 138 Å². The number of amides is 1. The minimum absolute atomic E-state index is 0.142. The van der Waals surface area contributed by atoms with E-state index in [0.29, 0.717) is 22.4 Å². The number of rotatable bonds is 3. The van der Waals surface area contributed by atoms with Gasteiger partial charge in [-0.2, -0.15) is 13.2 Å². The van der Waals surface area contributed by atoms with E-state index in [1.165, 1.54) is 12.1 Å². The van der Waals surface area contributed by atoms with Crippen LogP contribution in [0.5, 0.6) is 0 Å². The maximum absolute atomic E-state index is 13.7. The van der Waals surface area contributed by atoms with Crippen molar-refractivity contribution in [2.24, 2.45) is 0 Å². The second kappa shape index (κ2) is 6.64. The van der Waals surface area contributed by atoms with Crippen LogP contribution in [-0.4, -0.2) is 10.5 Å². The number of aromatic nitrogens is 1. The molecule has 0 saturated heterocycles. The van der Waals surface area contributed by atoms with E-state index >= 15 is 0 Å². The number of carbonyl (C=O) groups excluding carboxylic acids is 1. The highest BCUT2D eigenvalue weighted by Crippen LogP contribution is 2.29. The molecule has 1 aromatic heterocycles. The molecule has 0 aliphatic rings. The first kappa shape index (κ1) is 18.0. The summed E-state index contributed by atoms with van der Waals surface area (Å²) in [6.45, 7) is 0.911. The molecule has 1 aromatic carbocycles. The lowest BCUT2D eigenvalue weighted by molar-refractivity contribution is -0.138. The lowest BCUT2D eigenvalue weighted by atomic mass is 10.2. The third-order valence-corrected chi connectivity index (χ3v) is 3.35. The van der Waals surface area contributed by atoms with Crippen molar-refractivity contribution >= 4 is 23.2 Å². The molecule has 1 N–H and O–H groups in total. The molecular weight excluding hydrogens is 352 g/mol. The molecule has 0 bridgehead atoms. The van der Waals surface area contributed by atoms with Gasteiger partial charge in [0.25, 0.3) is 5.56 Å². The maximum Gasteiger partial charge on any atom is 0.417 e. The van der Waals surface area contributed by atoms with Crippen LogP contribution in [0.15, 0.2) is 35.3 Å². The number of nitrogens with zero attached hydrogens (tertiary/aromatic N) is 1. The summed E-state index contributed by atoms with van der Waals surface area (Å²) in [6.07, 6.45) is -4.24. The monoisotopic (exact) mass is 362 g/mol. The van der Waals surface area contributed by atoms with Crippen molar-refractivity contribution in [3.63, 3.8) is 0 Å². The average molecular weight is 363 g/mol. The zero-order valence-electron chi connectivity index (χ0n) is 12.2. The van der Waals surface area contributed by atoms with Gasteiger partial charge in [0.2, 0.25) is 5.91 Å². The highest BCUT2D eigenvalue weighted by atomic mass is 35.5. The Kier molecular flexibility index (Phi) is 4.98. The van der Waals surface area contributed by atoms with E-state index in [0.717, 1.165) is 0 Å². The van der Waals surface area contributed by atoms with Crippen LogP contribution < -0.4 is 10.9 Å². The molecule has 2 aromatic rings. The summed E-state index contributed by atoms with van der Waals surface area (Å²) in [5, 5.41) is 1.53. The topological polar surface area (TPSA) is 51.1 Å². The van der Waals surface area contributed by atoms with Crippen molar-refractivity contribution in [2.75, 3.05) is 5.32 Å². The molecule has 1 amide bonds. The molecule has 0 spiro atoms. The Bertz CT molecular complexity index is 846. The van der Waals surface area contributed by atoms with Crippen molar-refractivity contribution in [3.8, 4) is 0 Å². The average Bonchev–Trinajstić information content (AvgIpc) is 2.45. The Balaban J connectivity index is 2.25. The van der Waals surface area contributed by atoms with Gasteiger partial charge in [0.1, 0.15) is 17.4 Å². The van der Waals surface area contributed by atoms with E-state index in [-0.39, 0.29) is 5.69 Å². The molecule has 128 valence electrons. The molecule has 0 radical (unpaired) electrons. The van der Waals surface area contributed by atoms with Gasteiger partial charge in [-0.25, -0.2) is 4.39 Å². The van der Waals surface area contributed by atoms with Crippen molar-refractivity contribution in [1.82, 2.24) is 4.57 Å². The van der Waals surface area contributed by atoms with Gasteiger partial charge in [0.05, 0.1) is 11.3 Å². The number of aryl methyl sites for hydroxylation is 1. The fourth-order valence-corrected chi connectivity index (χ4v) is 2.16. The number of anilines is 1. The SMILES string of the molecule is Cc1ccc(NC(=O)Cn2cc(C(F)(F)F)cc(Cl)c2=O)c(F)c1. The summed E-state index contributed by atoms with van der Waals surface area (Å²) in [7, 11) is 0. The first-order valence-electron chi connectivity index (χ1n) is 6.61. The summed E-state index contributed by atoms with van der Waals surface area (Å²) in [5.74, 6) is -1.56. The van der Waals surface area contributed by atoms with E-state index in [2.05, 4.69) is 5.32 Å². The van der Waals surface area contributed by atoms with Gasteiger partial charge in [0.15, 0.2) is 0 Å². The van der Waals surface area contributed by atoms with E-state index in [1.807, 2.05) is 0 Å². The van der Waals surface area contributed by atoms with E-state index in [9.17, 15) is 27.2 Å². The molecule has 1 heterocycles. The Morgan fingerprint density at radius 2 is 1.96 bits per heavy atom. The van der Waals surface area contributed by atoms with Gasteiger partial charge in [-0.05, 0) is 30.7 Å². The smallest absolute Gasteiger partial charge is 0.322 e. The molecule has 2 rings (SSSR count). The highest BCUT2D eigenvalue weighted by Gasteiger charge is 2.32. The molecular formula is C15H11ClF4N2O2. The van der Waals surface area contributed by atoms with Crippen LogP contribution in [0.4, 0.5) is 23.2 Å². The first-order chi connectivity index (χ1) is 11.1. The third-order valence-electron chi connectivity index (χ3n) is 3.08. The molecule has 0 atom stereocenters. The quantitative estimate of drug-likeness (QED) is 0.848. The number of carbonyl (C=O) groups is 1. The van der Waals surface area contributed by atoms with Crippen molar-refractivity contribution in [3.05, 3.63) is 62.8 Å². The minimum Gasteiger partial charge on any atom is -0.322 e. The molecule has 4 nitrogen and oxygen atoms in total. The molecule has 0 aliphatic heterocycles. The van der Waals surface area contributed by atoms with Crippen molar-refractivity contribution in [2.45, 2.75) is 19.6 Å².